The fourth-order valence-corrected chi connectivity index (χ4v) is 4.32. The molecule has 3 aliphatic heterocycles. The van der Waals surface area contributed by atoms with E-state index in [4.69, 9.17) is 4.74 Å². The molecule has 0 saturated carbocycles. The molecule has 0 aromatic rings. The first kappa shape index (κ1) is 9.95. The zero-order valence-electron chi connectivity index (χ0n) is 9.28. The summed E-state index contributed by atoms with van der Waals surface area (Å²) in [6, 6.07) is 0.390. The van der Waals surface area contributed by atoms with Crippen LogP contribution in [0.4, 0.5) is 0 Å². The molecule has 88 valence electrons. The fourth-order valence-electron chi connectivity index (χ4n) is 3.49. The van der Waals surface area contributed by atoms with E-state index in [1.165, 1.54) is 10.2 Å². The minimum atomic E-state index is -0.476. The van der Waals surface area contributed by atoms with Gasteiger partial charge < -0.3 is 9.64 Å². The Hall–Kier alpha value is -1.03. The maximum absolute atomic E-state index is 11.6. The van der Waals surface area contributed by atoms with E-state index in [1.807, 2.05) is 0 Å². The summed E-state index contributed by atoms with van der Waals surface area (Å²) in [7, 11) is 0. The highest BCUT2D eigenvalue weighted by atomic mass is 79.9. The van der Waals surface area contributed by atoms with Gasteiger partial charge in [0.15, 0.2) is 5.60 Å². The van der Waals surface area contributed by atoms with E-state index in [0.29, 0.717) is 6.04 Å². The van der Waals surface area contributed by atoms with Crippen LogP contribution in [0.3, 0.4) is 0 Å². The van der Waals surface area contributed by atoms with E-state index in [1.54, 1.807) is 6.08 Å². The van der Waals surface area contributed by atoms with Crippen molar-refractivity contribution in [3.63, 3.8) is 0 Å². The maximum atomic E-state index is 11.6. The molecular formula is C13H12BrNO2. The van der Waals surface area contributed by atoms with Gasteiger partial charge in [-0.2, -0.15) is 0 Å². The van der Waals surface area contributed by atoms with Crippen molar-refractivity contribution in [3.05, 3.63) is 34.0 Å². The smallest absolute Gasteiger partial charge is 0.332 e. The van der Waals surface area contributed by atoms with Gasteiger partial charge in [0, 0.05) is 29.1 Å². The summed E-state index contributed by atoms with van der Waals surface area (Å²) in [5.74, 6) is -0.203. The van der Waals surface area contributed by atoms with Gasteiger partial charge in [-0.15, -0.1) is 0 Å². The molecule has 17 heavy (non-hydrogen) atoms. The number of nitrogens with zero attached hydrogens (tertiary/aromatic N) is 1. The first-order valence-electron chi connectivity index (χ1n) is 6.00. The molecule has 2 bridgehead atoms. The van der Waals surface area contributed by atoms with Crippen LogP contribution in [0.2, 0.25) is 0 Å². The Kier molecular flexibility index (Phi) is 1.78. The van der Waals surface area contributed by atoms with Crippen LogP contribution < -0.4 is 0 Å². The summed E-state index contributed by atoms with van der Waals surface area (Å²) in [6.45, 7) is 1.06. The Morgan fingerprint density at radius 2 is 2.41 bits per heavy atom. The quantitative estimate of drug-likeness (QED) is 0.642. The number of hydrogen-bond acceptors (Lipinski definition) is 3. The topological polar surface area (TPSA) is 29.5 Å². The normalized spacial score (nSPS) is 37.9. The summed E-state index contributed by atoms with van der Waals surface area (Å²) in [4.78, 5) is 14.0. The molecule has 1 saturated heterocycles. The van der Waals surface area contributed by atoms with Gasteiger partial charge in [0.2, 0.25) is 0 Å². The van der Waals surface area contributed by atoms with E-state index in [-0.39, 0.29) is 5.97 Å². The van der Waals surface area contributed by atoms with E-state index in [2.05, 4.69) is 33.0 Å². The lowest BCUT2D eigenvalue weighted by molar-refractivity contribution is -0.143. The van der Waals surface area contributed by atoms with E-state index >= 15 is 0 Å². The molecule has 4 rings (SSSR count). The van der Waals surface area contributed by atoms with Gasteiger partial charge in [0.25, 0.3) is 0 Å². The first-order chi connectivity index (χ1) is 8.21. The second-order valence-corrected chi connectivity index (χ2v) is 5.99. The third-order valence-electron chi connectivity index (χ3n) is 4.13. The average molecular weight is 294 g/mol. The van der Waals surface area contributed by atoms with Crippen molar-refractivity contribution in [2.75, 3.05) is 6.54 Å². The second kappa shape index (κ2) is 3.05. The summed E-state index contributed by atoms with van der Waals surface area (Å²) in [5, 5.41) is 0. The van der Waals surface area contributed by atoms with Crippen molar-refractivity contribution in [1.82, 2.24) is 4.90 Å². The van der Waals surface area contributed by atoms with Gasteiger partial charge in [0.05, 0.1) is 11.7 Å². The standard InChI is InChI=1S/C13H12BrNO2/c14-10-2-1-5-15-9-4-3-8-6-11(16)17-13(8,7-9)12(10)15/h3-4,6,9H,1-2,5,7H2/t9-,13+/m1/s1. The minimum absolute atomic E-state index is 0.203. The number of rotatable bonds is 0. The first-order valence-corrected chi connectivity index (χ1v) is 6.79. The van der Waals surface area contributed by atoms with Gasteiger partial charge in [-0.3, -0.25) is 0 Å². The number of hydrogen-bond donors (Lipinski definition) is 0. The molecule has 0 amide bonds. The largest absolute Gasteiger partial charge is 0.444 e. The zero-order chi connectivity index (χ0) is 11.6. The predicted octanol–water partition coefficient (Wildman–Crippen LogP) is 2.25. The van der Waals surface area contributed by atoms with Gasteiger partial charge in [0.1, 0.15) is 0 Å². The van der Waals surface area contributed by atoms with Crippen LogP contribution in [0.25, 0.3) is 0 Å². The van der Waals surface area contributed by atoms with Crippen molar-refractivity contribution in [2.24, 2.45) is 0 Å². The van der Waals surface area contributed by atoms with E-state index in [0.717, 1.165) is 31.4 Å². The van der Waals surface area contributed by atoms with Gasteiger partial charge in [-0.25, -0.2) is 4.79 Å². The number of ether oxygens (including phenoxy) is 1. The molecular weight excluding hydrogens is 282 g/mol. The highest BCUT2D eigenvalue weighted by Crippen LogP contribution is 2.54. The number of halogens is 1. The molecule has 3 nitrogen and oxygen atoms in total. The fraction of sp³-hybridized carbons (Fsp3) is 0.462. The Morgan fingerprint density at radius 1 is 1.53 bits per heavy atom. The molecule has 1 spiro atoms. The second-order valence-electron chi connectivity index (χ2n) is 5.03. The van der Waals surface area contributed by atoms with Crippen LogP contribution in [0.15, 0.2) is 34.0 Å². The van der Waals surface area contributed by atoms with Crippen LogP contribution >= 0.6 is 15.9 Å². The third-order valence-corrected chi connectivity index (χ3v) is 4.90. The van der Waals surface area contributed by atoms with Gasteiger partial charge >= 0.3 is 5.97 Å². The number of fused-ring (bicyclic) bond motifs is 3. The van der Waals surface area contributed by atoms with Crippen molar-refractivity contribution in [1.29, 1.82) is 0 Å². The Labute approximate surface area is 108 Å². The molecule has 4 aliphatic rings. The van der Waals surface area contributed by atoms with Crippen LogP contribution in [-0.4, -0.2) is 29.1 Å². The molecule has 1 aliphatic carbocycles. The van der Waals surface area contributed by atoms with Crippen molar-refractivity contribution in [2.45, 2.75) is 30.9 Å². The lowest BCUT2D eigenvalue weighted by atomic mass is 9.84. The molecule has 2 atom stereocenters. The average Bonchev–Trinajstić information content (AvgIpc) is 2.76. The predicted molar refractivity (Wildman–Crippen MR) is 66.3 cm³/mol. The van der Waals surface area contributed by atoms with Crippen LogP contribution in [0, 0.1) is 0 Å². The number of esters is 1. The highest BCUT2D eigenvalue weighted by Gasteiger charge is 2.58. The molecule has 0 unspecified atom stereocenters. The third kappa shape index (κ3) is 1.09. The Morgan fingerprint density at radius 3 is 3.29 bits per heavy atom. The van der Waals surface area contributed by atoms with Gasteiger partial charge in [-0.05, 0) is 12.8 Å². The molecule has 1 fully saturated rings. The van der Waals surface area contributed by atoms with Crippen LogP contribution in [0.1, 0.15) is 19.3 Å². The summed E-state index contributed by atoms with van der Waals surface area (Å²) < 4.78 is 6.88. The lowest BCUT2D eigenvalue weighted by Crippen LogP contribution is -2.35. The van der Waals surface area contributed by atoms with E-state index in [9.17, 15) is 4.79 Å². The molecule has 4 heteroatoms. The molecule has 0 radical (unpaired) electrons. The molecule has 0 aromatic carbocycles. The van der Waals surface area contributed by atoms with Crippen LogP contribution in [0.5, 0.6) is 0 Å². The summed E-state index contributed by atoms with van der Waals surface area (Å²) in [5.41, 5.74) is 1.74. The van der Waals surface area contributed by atoms with E-state index < -0.39 is 5.60 Å². The SMILES string of the molecule is O=C1C=C2C=C[C@@H]3C[C@@]2(O1)C1=C(Br)CCCN13. The molecule has 0 aromatic heterocycles. The molecule has 3 heterocycles. The highest BCUT2D eigenvalue weighted by molar-refractivity contribution is 9.11. The lowest BCUT2D eigenvalue weighted by Gasteiger charge is -2.33. The monoisotopic (exact) mass is 293 g/mol. The van der Waals surface area contributed by atoms with Crippen molar-refractivity contribution in [3.8, 4) is 0 Å². The Bertz CT molecular complexity index is 520. The number of allylic oxidation sites excluding steroid dienone is 1. The summed E-state index contributed by atoms with van der Waals surface area (Å²) in [6.07, 6.45) is 8.99. The van der Waals surface area contributed by atoms with Crippen LogP contribution in [-0.2, 0) is 9.53 Å². The van der Waals surface area contributed by atoms with Crippen molar-refractivity contribution < 1.29 is 9.53 Å². The molecule has 0 N–H and O–H groups in total. The van der Waals surface area contributed by atoms with Gasteiger partial charge in [-0.1, -0.05) is 28.1 Å². The number of carbonyl (C=O) groups is 1. The van der Waals surface area contributed by atoms with Crippen molar-refractivity contribution >= 4 is 21.9 Å². The Balaban J connectivity index is 1.96. The zero-order valence-corrected chi connectivity index (χ0v) is 10.9. The number of carbonyl (C=O) groups excluding carboxylic acids is 1. The summed E-state index contributed by atoms with van der Waals surface area (Å²) >= 11 is 3.67. The minimum Gasteiger partial charge on any atom is -0.444 e. The maximum Gasteiger partial charge on any atom is 0.332 e.